The van der Waals surface area contributed by atoms with E-state index >= 15 is 0 Å². The van der Waals surface area contributed by atoms with Crippen molar-refractivity contribution in [3.63, 3.8) is 0 Å². The number of carbonyl (C=O) groups excluding carboxylic acids is 1. The van der Waals surface area contributed by atoms with Crippen LogP contribution in [-0.4, -0.2) is 34.1 Å². The maximum Gasteiger partial charge on any atom is 0.261 e. The van der Waals surface area contributed by atoms with Gasteiger partial charge in [0.15, 0.2) is 5.13 Å². The summed E-state index contributed by atoms with van der Waals surface area (Å²) in [5.41, 5.74) is 1.07. The molecular weight excluding hydrogens is 443 g/mol. The standard InChI is InChI=1S/C21H18Cl2N4O2S/c1-29-17-4-2-5-18-19(17)25-21(30-18)27(10-3-9-26-11-8-24-13-26)20(28)15-12-14(22)6-7-16(15)23/h2,4-8,11-13H,3,9-10H2,1H3. The number of nitrogens with zero attached hydrogens (tertiary/aromatic N) is 4. The van der Waals surface area contributed by atoms with Crippen molar-refractivity contribution in [2.45, 2.75) is 13.0 Å². The molecule has 9 heteroatoms. The Kier molecular flexibility index (Phi) is 6.22. The first-order chi connectivity index (χ1) is 14.6. The van der Waals surface area contributed by atoms with Crippen molar-refractivity contribution in [1.82, 2.24) is 14.5 Å². The number of benzene rings is 2. The van der Waals surface area contributed by atoms with Crippen LogP contribution in [0.1, 0.15) is 16.8 Å². The minimum atomic E-state index is -0.244. The van der Waals surface area contributed by atoms with Crippen molar-refractivity contribution in [3.05, 3.63) is 70.7 Å². The Morgan fingerprint density at radius 1 is 1.27 bits per heavy atom. The second-order valence-electron chi connectivity index (χ2n) is 6.54. The van der Waals surface area contributed by atoms with Gasteiger partial charge in [-0.1, -0.05) is 40.6 Å². The summed E-state index contributed by atoms with van der Waals surface area (Å²) in [7, 11) is 1.60. The molecule has 0 saturated carbocycles. The maximum absolute atomic E-state index is 13.4. The molecule has 0 aliphatic heterocycles. The normalized spacial score (nSPS) is 11.0. The first-order valence-corrected chi connectivity index (χ1v) is 10.8. The van der Waals surface area contributed by atoms with Crippen LogP contribution in [0.15, 0.2) is 55.1 Å². The van der Waals surface area contributed by atoms with Crippen LogP contribution in [0.2, 0.25) is 10.0 Å². The number of rotatable bonds is 7. The van der Waals surface area contributed by atoms with Crippen LogP contribution in [0.5, 0.6) is 5.75 Å². The van der Waals surface area contributed by atoms with Gasteiger partial charge >= 0.3 is 0 Å². The van der Waals surface area contributed by atoms with Crippen LogP contribution in [-0.2, 0) is 6.54 Å². The Morgan fingerprint density at radius 3 is 2.90 bits per heavy atom. The number of fused-ring (bicyclic) bond motifs is 1. The first-order valence-electron chi connectivity index (χ1n) is 9.23. The van der Waals surface area contributed by atoms with Gasteiger partial charge in [0.1, 0.15) is 11.3 Å². The number of carbonyl (C=O) groups is 1. The van der Waals surface area contributed by atoms with Crippen molar-refractivity contribution in [2.24, 2.45) is 0 Å². The molecule has 0 N–H and O–H groups in total. The summed E-state index contributed by atoms with van der Waals surface area (Å²) < 4.78 is 8.33. The highest BCUT2D eigenvalue weighted by Gasteiger charge is 2.24. The third kappa shape index (κ3) is 4.28. The van der Waals surface area contributed by atoms with E-state index < -0.39 is 0 Å². The highest BCUT2D eigenvalue weighted by atomic mass is 35.5. The Bertz CT molecular complexity index is 1180. The summed E-state index contributed by atoms with van der Waals surface area (Å²) in [4.78, 5) is 23.9. The number of hydrogen-bond donors (Lipinski definition) is 0. The lowest BCUT2D eigenvalue weighted by molar-refractivity contribution is 0.0986. The van der Waals surface area contributed by atoms with E-state index in [9.17, 15) is 4.79 Å². The lowest BCUT2D eigenvalue weighted by Gasteiger charge is -2.20. The van der Waals surface area contributed by atoms with Crippen LogP contribution in [0, 0.1) is 0 Å². The average Bonchev–Trinajstić information content (AvgIpc) is 3.41. The third-order valence-corrected chi connectivity index (χ3v) is 6.19. The Balaban J connectivity index is 1.69. The van der Waals surface area contributed by atoms with Gasteiger partial charge in [0, 0.05) is 30.5 Å². The minimum absolute atomic E-state index is 0.244. The van der Waals surface area contributed by atoms with Gasteiger partial charge in [-0.25, -0.2) is 9.97 Å². The maximum atomic E-state index is 13.4. The van der Waals surface area contributed by atoms with E-state index in [0.717, 1.165) is 16.8 Å². The van der Waals surface area contributed by atoms with E-state index in [2.05, 4.69) is 4.98 Å². The molecule has 0 spiro atoms. The largest absolute Gasteiger partial charge is 0.494 e. The lowest BCUT2D eigenvalue weighted by Crippen LogP contribution is -2.32. The van der Waals surface area contributed by atoms with Gasteiger partial charge in [0.2, 0.25) is 0 Å². The Morgan fingerprint density at radius 2 is 2.13 bits per heavy atom. The van der Waals surface area contributed by atoms with Crippen molar-refractivity contribution >= 4 is 55.8 Å². The summed E-state index contributed by atoms with van der Waals surface area (Å²) in [6.45, 7) is 1.18. The third-order valence-electron chi connectivity index (χ3n) is 4.58. The van der Waals surface area contributed by atoms with Crippen molar-refractivity contribution in [2.75, 3.05) is 18.6 Å². The minimum Gasteiger partial charge on any atom is -0.494 e. The van der Waals surface area contributed by atoms with Crippen LogP contribution in [0.3, 0.4) is 0 Å². The zero-order chi connectivity index (χ0) is 21.1. The quantitative estimate of drug-likeness (QED) is 0.362. The van der Waals surface area contributed by atoms with Crippen LogP contribution >= 0.6 is 34.5 Å². The number of anilines is 1. The van der Waals surface area contributed by atoms with E-state index in [1.807, 2.05) is 29.0 Å². The van der Waals surface area contributed by atoms with Crippen molar-refractivity contribution in [1.29, 1.82) is 0 Å². The molecule has 1 amide bonds. The number of aryl methyl sites for hydroxylation is 1. The zero-order valence-electron chi connectivity index (χ0n) is 16.1. The molecule has 2 aromatic carbocycles. The molecule has 6 nitrogen and oxygen atoms in total. The fraction of sp³-hybridized carbons (Fsp3) is 0.190. The van der Waals surface area contributed by atoms with E-state index in [0.29, 0.717) is 39.5 Å². The molecule has 4 aromatic rings. The molecule has 0 unspecified atom stereocenters. The Hall–Kier alpha value is -2.61. The first kappa shape index (κ1) is 20.7. The second kappa shape index (κ2) is 9.04. The predicted molar refractivity (Wildman–Crippen MR) is 121 cm³/mol. The molecule has 2 heterocycles. The smallest absolute Gasteiger partial charge is 0.261 e. The topological polar surface area (TPSA) is 60.2 Å². The van der Waals surface area contributed by atoms with Gasteiger partial charge in [-0.3, -0.25) is 9.69 Å². The molecule has 154 valence electrons. The molecule has 0 aliphatic rings. The molecule has 0 aliphatic carbocycles. The van der Waals surface area contributed by atoms with E-state index in [4.69, 9.17) is 32.9 Å². The summed E-state index contributed by atoms with van der Waals surface area (Å²) in [6, 6.07) is 10.6. The molecule has 0 fully saturated rings. The molecular formula is C21H18Cl2N4O2S. The number of hydrogen-bond acceptors (Lipinski definition) is 5. The van der Waals surface area contributed by atoms with Gasteiger partial charge in [-0.2, -0.15) is 0 Å². The summed E-state index contributed by atoms with van der Waals surface area (Å²) in [5.74, 6) is 0.424. The van der Waals surface area contributed by atoms with Gasteiger partial charge in [-0.15, -0.1) is 0 Å². The number of para-hydroxylation sites is 1. The van der Waals surface area contributed by atoms with E-state index in [1.165, 1.54) is 11.3 Å². The molecule has 0 radical (unpaired) electrons. The number of ether oxygens (including phenoxy) is 1. The summed E-state index contributed by atoms with van der Waals surface area (Å²) in [5, 5.41) is 1.39. The lowest BCUT2D eigenvalue weighted by atomic mass is 10.2. The average molecular weight is 461 g/mol. The zero-order valence-corrected chi connectivity index (χ0v) is 18.4. The molecule has 2 aromatic heterocycles. The fourth-order valence-electron chi connectivity index (χ4n) is 3.11. The fourth-order valence-corrected chi connectivity index (χ4v) is 4.49. The SMILES string of the molecule is COc1cccc2sc(N(CCCn3ccnc3)C(=O)c3cc(Cl)ccc3Cl)nc12. The number of halogens is 2. The van der Waals surface area contributed by atoms with Crippen LogP contribution < -0.4 is 9.64 Å². The number of methoxy groups -OCH3 is 1. The summed E-state index contributed by atoms with van der Waals surface area (Å²) in [6.07, 6.45) is 6.09. The van der Waals surface area contributed by atoms with Gasteiger partial charge < -0.3 is 9.30 Å². The number of amides is 1. The van der Waals surface area contributed by atoms with Crippen LogP contribution in [0.4, 0.5) is 5.13 Å². The summed E-state index contributed by atoms with van der Waals surface area (Å²) >= 11 is 13.9. The number of thiazole rings is 1. The van der Waals surface area contributed by atoms with Crippen molar-refractivity contribution in [3.8, 4) is 5.75 Å². The van der Waals surface area contributed by atoms with E-state index in [1.54, 1.807) is 42.7 Å². The number of aromatic nitrogens is 3. The van der Waals surface area contributed by atoms with Gasteiger partial charge in [0.25, 0.3) is 5.91 Å². The van der Waals surface area contributed by atoms with Crippen molar-refractivity contribution < 1.29 is 9.53 Å². The Labute approximate surface area is 187 Å². The highest BCUT2D eigenvalue weighted by Crippen LogP contribution is 2.35. The molecule has 0 bridgehead atoms. The van der Waals surface area contributed by atoms with E-state index in [-0.39, 0.29) is 5.91 Å². The van der Waals surface area contributed by atoms with Crippen LogP contribution in [0.25, 0.3) is 10.2 Å². The molecule has 0 atom stereocenters. The second-order valence-corrected chi connectivity index (χ2v) is 8.39. The molecule has 4 rings (SSSR count). The predicted octanol–water partition coefficient (Wildman–Crippen LogP) is 5.55. The molecule has 30 heavy (non-hydrogen) atoms. The highest BCUT2D eigenvalue weighted by molar-refractivity contribution is 7.22. The van der Waals surface area contributed by atoms with Gasteiger partial charge in [0.05, 0.1) is 28.7 Å². The monoisotopic (exact) mass is 460 g/mol. The van der Waals surface area contributed by atoms with Gasteiger partial charge in [-0.05, 0) is 36.8 Å². The molecule has 0 saturated heterocycles. The number of imidazole rings is 1.